The van der Waals surface area contributed by atoms with Gasteiger partial charge in [0, 0.05) is 11.8 Å². The molecule has 94 valence electrons. The number of hydrogen-bond donors (Lipinski definition) is 2. The molecule has 0 bridgehead atoms. The van der Waals surface area contributed by atoms with E-state index < -0.39 is 0 Å². The third-order valence-corrected chi connectivity index (χ3v) is 2.82. The van der Waals surface area contributed by atoms with Gasteiger partial charge in [0.15, 0.2) is 0 Å². The predicted octanol–water partition coefficient (Wildman–Crippen LogP) is 1.91. The zero-order valence-electron chi connectivity index (χ0n) is 10.2. The molecule has 0 aliphatic heterocycles. The van der Waals surface area contributed by atoms with Crippen molar-refractivity contribution in [2.75, 3.05) is 5.32 Å². The summed E-state index contributed by atoms with van der Waals surface area (Å²) in [5.41, 5.74) is 2.82. The van der Waals surface area contributed by atoms with Crippen molar-refractivity contribution in [3.63, 3.8) is 0 Å². The van der Waals surface area contributed by atoms with Gasteiger partial charge in [0.1, 0.15) is 16.9 Å². The van der Waals surface area contributed by atoms with Gasteiger partial charge < -0.3 is 5.32 Å². The summed E-state index contributed by atoms with van der Waals surface area (Å²) in [4.78, 5) is 16.3. The Balaban J connectivity index is 1.89. The number of nitrogens with one attached hydrogen (secondary N) is 2. The molecule has 3 aromatic rings. The Hall–Kier alpha value is -2.76. The number of anilines is 1. The Morgan fingerprint density at radius 2 is 2.05 bits per heavy atom. The number of nitrogens with zero attached hydrogens (tertiary/aromatic N) is 3. The molecule has 0 aliphatic rings. The molecule has 2 heterocycles. The Labute approximate surface area is 108 Å². The van der Waals surface area contributed by atoms with Crippen LogP contribution in [0.5, 0.6) is 0 Å². The number of rotatable bonds is 2. The largest absolute Gasteiger partial charge is 0.306 e. The van der Waals surface area contributed by atoms with Crippen LogP contribution in [-0.2, 0) is 0 Å². The lowest BCUT2D eigenvalue weighted by atomic mass is 10.2. The van der Waals surface area contributed by atoms with Crippen molar-refractivity contribution in [2.24, 2.45) is 0 Å². The first-order chi connectivity index (χ1) is 9.24. The zero-order chi connectivity index (χ0) is 13.2. The third-order valence-electron chi connectivity index (χ3n) is 2.82. The average Bonchev–Trinajstić information content (AvgIpc) is 2.88. The maximum atomic E-state index is 12.1. The van der Waals surface area contributed by atoms with Crippen LogP contribution in [-0.4, -0.2) is 26.3 Å². The van der Waals surface area contributed by atoms with Crippen LogP contribution in [0.25, 0.3) is 11.0 Å². The maximum Gasteiger partial charge on any atom is 0.256 e. The van der Waals surface area contributed by atoms with E-state index in [4.69, 9.17) is 0 Å². The van der Waals surface area contributed by atoms with Gasteiger partial charge in [0.05, 0.1) is 0 Å². The number of aromatic amines is 1. The van der Waals surface area contributed by atoms with Crippen LogP contribution in [0.2, 0.25) is 0 Å². The first kappa shape index (κ1) is 11.3. The van der Waals surface area contributed by atoms with E-state index in [1.54, 1.807) is 24.4 Å². The van der Waals surface area contributed by atoms with Gasteiger partial charge in [-0.25, -0.2) is 4.98 Å². The molecule has 0 radical (unpaired) electrons. The van der Waals surface area contributed by atoms with E-state index in [2.05, 4.69) is 25.7 Å². The molecule has 1 aromatic carbocycles. The Kier molecular flexibility index (Phi) is 2.68. The highest BCUT2D eigenvalue weighted by atomic mass is 16.1. The molecule has 6 heteroatoms. The summed E-state index contributed by atoms with van der Waals surface area (Å²) >= 11 is 0. The predicted molar refractivity (Wildman–Crippen MR) is 70.8 cm³/mol. The summed E-state index contributed by atoms with van der Waals surface area (Å²) in [6, 6.07) is 8.86. The first-order valence-electron chi connectivity index (χ1n) is 5.77. The fourth-order valence-electron chi connectivity index (χ4n) is 1.78. The number of carbonyl (C=O) groups is 1. The molecular weight excluding hydrogens is 242 g/mol. The van der Waals surface area contributed by atoms with Crippen molar-refractivity contribution >= 4 is 22.8 Å². The second-order valence-electron chi connectivity index (χ2n) is 4.15. The SMILES string of the molecule is Cc1cccnc1NC(=O)c1ccc2n[nH]nc2c1. The van der Waals surface area contributed by atoms with Crippen molar-refractivity contribution < 1.29 is 4.79 Å². The minimum absolute atomic E-state index is 0.216. The third kappa shape index (κ3) is 2.15. The standard InChI is InChI=1S/C13H11N5O/c1-8-3-2-6-14-12(8)15-13(19)9-4-5-10-11(7-9)17-18-16-10/h2-7H,1H3,(H,14,15,19)(H,16,17,18). The number of pyridine rings is 1. The zero-order valence-corrected chi connectivity index (χ0v) is 10.2. The van der Waals surface area contributed by atoms with E-state index in [-0.39, 0.29) is 5.91 Å². The number of benzene rings is 1. The lowest BCUT2D eigenvalue weighted by Gasteiger charge is -2.06. The van der Waals surface area contributed by atoms with Gasteiger partial charge in [-0.3, -0.25) is 4.79 Å². The van der Waals surface area contributed by atoms with Crippen LogP contribution in [0, 0.1) is 6.92 Å². The van der Waals surface area contributed by atoms with Crippen molar-refractivity contribution in [1.29, 1.82) is 0 Å². The van der Waals surface area contributed by atoms with Crippen LogP contribution in [0.15, 0.2) is 36.5 Å². The number of H-pyrrole nitrogens is 1. The van der Waals surface area contributed by atoms with Crippen LogP contribution in [0.1, 0.15) is 15.9 Å². The molecule has 0 spiro atoms. The molecule has 0 aliphatic carbocycles. The van der Waals surface area contributed by atoms with Crippen molar-refractivity contribution in [3.05, 3.63) is 47.7 Å². The second-order valence-corrected chi connectivity index (χ2v) is 4.15. The van der Waals surface area contributed by atoms with Gasteiger partial charge in [0.25, 0.3) is 5.91 Å². The number of aromatic nitrogens is 4. The van der Waals surface area contributed by atoms with E-state index in [0.29, 0.717) is 16.9 Å². The monoisotopic (exact) mass is 253 g/mol. The van der Waals surface area contributed by atoms with Gasteiger partial charge in [-0.05, 0) is 36.8 Å². The Bertz CT molecular complexity index is 749. The molecule has 19 heavy (non-hydrogen) atoms. The van der Waals surface area contributed by atoms with Crippen molar-refractivity contribution in [1.82, 2.24) is 20.4 Å². The van der Waals surface area contributed by atoms with E-state index in [1.165, 1.54) is 0 Å². The van der Waals surface area contributed by atoms with Gasteiger partial charge >= 0.3 is 0 Å². The molecule has 3 rings (SSSR count). The van der Waals surface area contributed by atoms with E-state index in [0.717, 1.165) is 11.1 Å². The lowest BCUT2D eigenvalue weighted by Crippen LogP contribution is -2.13. The molecular formula is C13H11N5O. The number of hydrogen-bond acceptors (Lipinski definition) is 4. The van der Waals surface area contributed by atoms with E-state index in [1.807, 2.05) is 19.1 Å². The topological polar surface area (TPSA) is 83.6 Å². The van der Waals surface area contributed by atoms with Crippen molar-refractivity contribution in [3.8, 4) is 0 Å². The molecule has 0 fully saturated rings. The van der Waals surface area contributed by atoms with E-state index >= 15 is 0 Å². The number of aryl methyl sites for hydroxylation is 1. The molecule has 0 unspecified atom stereocenters. The summed E-state index contributed by atoms with van der Waals surface area (Å²) in [6.45, 7) is 1.89. The summed E-state index contributed by atoms with van der Waals surface area (Å²) in [5, 5.41) is 13.2. The highest BCUT2D eigenvalue weighted by Crippen LogP contribution is 2.14. The molecule has 0 atom stereocenters. The normalized spacial score (nSPS) is 10.6. The smallest absolute Gasteiger partial charge is 0.256 e. The summed E-state index contributed by atoms with van der Waals surface area (Å²) in [6.07, 6.45) is 1.64. The van der Waals surface area contributed by atoms with E-state index in [9.17, 15) is 4.79 Å². The van der Waals surface area contributed by atoms with Crippen LogP contribution in [0.4, 0.5) is 5.82 Å². The van der Waals surface area contributed by atoms with Crippen molar-refractivity contribution in [2.45, 2.75) is 6.92 Å². The fourth-order valence-corrected chi connectivity index (χ4v) is 1.78. The second kappa shape index (κ2) is 4.49. The molecule has 0 saturated carbocycles. The highest BCUT2D eigenvalue weighted by molar-refractivity contribution is 6.05. The lowest BCUT2D eigenvalue weighted by molar-refractivity contribution is 0.102. The van der Waals surface area contributed by atoms with Crippen LogP contribution in [0.3, 0.4) is 0 Å². The minimum atomic E-state index is -0.216. The minimum Gasteiger partial charge on any atom is -0.306 e. The quantitative estimate of drug-likeness (QED) is 0.730. The van der Waals surface area contributed by atoms with Crippen LogP contribution >= 0.6 is 0 Å². The van der Waals surface area contributed by atoms with Gasteiger partial charge in [-0.2, -0.15) is 15.4 Å². The summed E-state index contributed by atoms with van der Waals surface area (Å²) in [5.74, 6) is 0.347. The Morgan fingerprint density at radius 3 is 2.89 bits per heavy atom. The number of amides is 1. The Morgan fingerprint density at radius 1 is 1.21 bits per heavy atom. The molecule has 6 nitrogen and oxygen atoms in total. The fraction of sp³-hybridized carbons (Fsp3) is 0.0769. The molecule has 1 amide bonds. The number of carbonyl (C=O) groups excluding carboxylic acids is 1. The molecule has 0 saturated heterocycles. The van der Waals surface area contributed by atoms with Crippen LogP contribution < -0.4 is 5.32 Å². The highest BCUT2D eigenvalue weighted by Gasteiger charge is 2.10. The maximum absolute atomic E-state index is 12.1. The summed E-state index contributed by atoms with van der Waals surface area (Å²) in [7, 11) is 0. The first-order valence-corrected chi connectivity index (χ1v) is 5.77. The van der Waals surface area contributed by atoms with Gasteiger partial charge in [0.2, 0.25) is 0 Å². The molecule has 2 aromatic heterocycles. The van der Waals surface area contributed by atoms with Gasteiger partial charge in [-0.1, -0.05) is 6.07 Å². The summed E-state index contributed by atoms with van der Waals surface area (Å²) < 4.78 is 0. The number of fused-ring (bicyclic) bond motifs is 1. The molecule has 2 N–H and O–H groups in total. The van der Waals surface area contributed by atoms with Gasteiger partial charge in [-0.15, -0.1) is 0 Å². The average molecular weight is 253 g/mol.